The second-order valence-electron chi connectivity index (χ2n) is 5.44. The minimum atomic E-state index is 0.227. The Hall–Kier alpha value is -0.850. The lowest BCUT2D eigenvalue weighted by Crippen LogP contribution is -2.11. The standard InChI is InChI=1S/C13H19N/c1-13(2,3)11-6-7-12(14-9-11)8-10-4-5-10/h6-7,9-10H,4-5,8H2,1-3H3. The fourth-order valence-electron chi connectivity index (χ4n) is 1.61. The molecule has 0 bridgehead atoms. The van der Waals surface area contributed by atoms with Gasteiger partial charge in [-0.15, -0.1) is 0 Å². The maximum atomic E-state index is 4.53. The molecule has 0 aliphatic heterocycles. The summed E-state index contributed by atoms with van der Waals surface area (Å²) in [6.45, 7) is 6.68. The molecule has 2 rings (SSSR count). The van der Waals surface area contributed by atoms with Crippen LogP contribution in [0.25, 0.3) is 0 Å². The predicted molar refractivity (Wildman–Crippen MR) is 59.4 cm³/mol. The lowest BCUT2D eigenvalue weighted by Gasteiger charge is -2.18. The molecular formula is C13H19N. The van der Waals surface area contributed by atoms with Crippen LogP contribution in [-0.2, 0) is 11.8 Å². The second kappa shape index (κ2) is 3.38. The number of hydrogen-bond acceptors (Lipinski definition) is 1. The summed E-state index contributed by atoms with van der Waals surface area (Å²) < 4.78 is 0. The maximum Gasteiger partial charge on any atom is 0.0406 e. The third-order valence-corrected chi connectivity index (χ3v) is 2.89. The first-order chi connectivity index (χ1) is 6.55. The third-order valence-electron chi connectivity index (χ3n) is 2.89. The van der Waals surface area contributed by atoms with Crippen molar-refractivity contribution in [3.05, 3.63) is 29.6 Å². The zero-order valence-corrected chi connectivity index (χ0v) is 9.38. The van der Waals surface area contributed by atoms with Gasteiger partial charge in [-0.25, -0.2) is 0 Å². The van der Waals surface area contributed by atoms with Crippen molar-refractivity contribution >= 4 is 0 Å². The highest BCUT2D eigenvalue weighted by atomic mass is 14.7. The fourth-order valence-corrected chi connectivity index (χ4v) is 1.61. The zero-order valence-electron chi connectivity index (χ0n) is 9.38. The smallest absolute Gasteiger partial charge is 0.0406 e. The monoisotopic (exact) mass is 189 g/mol. The molecule has 0 spiro atoms. The van der Waals surface area contributed by atoms with E-state index in [2.05, 4.69) is 37.9 Å². The molecule has 1 heterocycles. The molecule has 1 aliphatic carbocycles. The van der Waals surface area contributed by atoms with E-state index < -0.39 is 0 Å². The van der Waals surface area contributed by atoms with Crippen molar-refractivity contribution < 1.29 is 0 Å². The van der Waals surface area contributed by atoms with Gasteiger partial charge in [-0.2, -0.15) is 0 Å². The average molecular weight is 189 g/mol. The van der Waals surface area contributed by atoms with E-state index >= 15 is 0 Å². The summed E-state index contributed by atoms with van der Waals surface area (Å²) in [7, 11) is 0. The molecule has 0 saturated heterocycles. The van der Waals surface area contributed by atoms with Gasteiger partial charge >= 0.3 is 0 Å². The SMILES string of the molecule is CC(C)(C)c1ccc(CC2CC2)nc1. The van der Waals surface area contributed by atoms with Crippen molar-refractivity contribution in [2.24, 2.45) is 5.92 Å². The zero-order chi connectivity index (χ0) is 10.2. The average Bonchev–Trinajstić information content (AvgIpc) is 2.88. The number of rotatable bonds is 2. The molecule has 1 aromatic rings. The van der Waals surface area contributed by atoms with Gasteiger partial charge in [0.1, 0.15) is 0 Å². The first kappa shape index (κ1) is 9.70. The van der Waals surface area contributed by atoms with Crippen LogP contribution in [0.3, 0.4) is 0 Å². The fraction of sp³-hybridized carbons (Fsp3) is 0.615. The van der Waals surface area contributed by atoms with Crippen LogP contribution < -0.4 is 0 Å². The van der Waals surface area contributed by atoms with Crippen LogP contribution in [-0.4, -0.2) is 4.98 Å². The van der Waals surface area contributed by atoms with Gasteiger partial charge in [0.05, 0.1) is 0 Å². The van der Waals surface area contributed by atoms with Crippen molar-refractivity contribution in [1.29, 1.82) is 0 Å². The highest BCUT2D eigenvalue weighted by Crippen LogP contribution is 2.32. The van der Waals surface area contributed by atoms with Gasteiger partial charge in [0.25, 0.3) is 0 Å². The Bertz CT molecular complexity index is 301. The second-order valence-corrected chi connectivity index (χ2v) is 5.44. The molecule has 0 radical (unpaired) electrons. The summed E-state index contributed by atoms with van der Waals surface area (Å²) in [5.41, 5.74) is 2.82. The van der Waals surface area contributed by atoms with E-state index in [-0.39, 0.29) is 5.41 Å². The largest absolute Gasteiger partial charge is 0.261 e. The third kappa shape index (κ3) is 2.34. The van der Waals surface area contributed by atoms with E-state index in [1.165, 1.54) is 30.5 Å². The van der Waals surface area contributed by atoms with Crippen molar-refractivity contribution in [2.75, 3.05) is 0 Å². The van der Waals surface area contributed by atoms with Crippen LogP contribution in [0.5, 0.6) is 0 Å². The molecule has 1 fully saturated rings. The quantitative estimate of drug-likeness (QED) is 0.695. The molecule has 0 atom stereocenters. The Kier molecular flexibility index (Phi) is 2.34. The van der Waals surface area contributed by atoms with Gasteiger partial charge in [0.2, 0.25) is 0 Å². The molecule has 1 nitrogen and oxygen atoms in total. The maximum absolute atomic E-state index is 4.53. The van der Waals surface area contributed by atoms with E-state index in [9.17, 15) is 0 Å². The van der Waals surface area contributed by atoms with Crippen molar-refractivity contribution in [3.8, 4) is 0 Å². The van der Waals surface area contributed by atoms with Gasteiger partial charge in [-0.3, -0.25) is 4.98 Å². The van der Waals surface area contributed by atoms with Crippen molar-refractivity contribution in [2.45, 2.75) is 45.4 Å². The Morgan fingerprint density at radius 3 is 2.43 bits per heavy atom. The number of nitrogens with zero attached hydrogens (tertiary/aromatic N) is 1. The molecule has 0 aromatic carbocycles. The molecular weight excluding hydrogens is 170 g/mol. The Balaban J connectivity index is 2.08. The van der Waals surface area contributed by atoms with E-state index in [0.717, 1.165) is 5.92 Å². The molecule has 0 unspecified atom stereocenters. The summed E-state index contributed by atoms with van der Waals surface area (Å²) in [6.07, 6.45) is 6.04. The predicted octanol–water partition coefficient (Wildman–Crippen LogP) is 3.33. The van der Waals surface area contributed by atoms with Gasteiger partial charge in [-0.1, -0.05) is 26.8 Å². The van der Waals surface area contributed by atoms with Crippen LogP contribution in [0.15, 0.2) is 18.3 Å². The van der Waals surface area contributed by atoms with E-state index in [1.54, 1.807) is 0 Å². The van der Waals surface area contributed by atoms with E-state index in [1.807, 2.05) is 6.20 Å². The molecule has 1 saturated carbocycles. The molecule has 0 N–H and O–H groups in total. The van der Waals surface area contributed by atoms with Gasteiger partial charge in [0.15, 0.2) is 0 Å². The number of pyridine rings is 1. The van der Waals surface area contributed by atoms with Crippen LogP contribution in [0.1, 0.15) is 44.9 Å². The van der Waals surface area contributed by atoms with Crippen molar-refractivity contribution in [1.82, 2.24) is 4.98 Å². The Morgan fingerprint density at radius 1 is 1.29 bits per heavy atom. The molecule has 1 aromatic heterocycles. The summed E-state index contributed by atoms with van der Waals surface area (Å²) in [5.74, 6) is 0.933. The molecule has 76 valence electrons. The van der Waals surface area contributed by atoms with Crippen LogP contribution in [0, 0.1) is 5.92 Å². The number of aromatic nitrogens is 1. The molecule has 14 heavy (non-hydrogen) atoms. The topological polar surface area (TPSA) is 12.9 Å². The van der Waals surface area contributed by atoms with Crippen LogP contribution in [0.2, 0.25) is 0 Å². The van der Waals surface area contributed by atoms with Crippen molar-refractivity contribution in [3.63, 3.8) is 0 Å². The lowest BCUT2D eigenvalue weighted by molar-refractivity contribution is 0.586. The minimum absolute atomic E-state index is 0.227. The van der Waals surface area contributed by atoms with Gasteiger partial charge < -0.3 is 0 Å². The van der Waals surface area contributed by atoms with E-state index in [0.29, 0.717) is 0 Å². The summed E-state index contributed by atoms with van der Waals surface area (Å²) >= 11 is 0. The number of hydrogen-bond donors (Lipinski definition) is 0. The Labute approximate surface area is 86.6 Å². The summed E-state index contributed by atoms with van der Waals surface area (Å²) in [6, 6.07) is 4.42. The highest BCUT2D eigenvalue weighted by Gasteiger charge is 2.22. The van der Waals surface area contributed by atoms with Crippen LogP contribution >= 0.6 is 0 Å². The first-order valence-electron chi connectivity index (χ1n) is 5.51. The normalized spacial score (nSPS) is 17.1. The lowest BCUT2D eigenvalue weighted by atomic mass is 9.88. The Morgan fingerprint density at radius 2 is 2.00 bits per heavy atom. The molecule has 0 amide bonds. The molecule has 1 heteroatoms. The van der Waals surface area contributed by atoms with E-state index in [4.69, 9.17) is 0 Å². The molecule has 1 aliphatic rings. The highest BCUT2D eigenvalue weighted by molar-refractivity contribution is 5.21. The van der Waals surface area contributed by atoms with Crippen LogP contribution in [0.4, 0.5) is 0 Å². The summed E-state index contributed by atoms with van der Waals surface area (Å²) in [4.78, 5) is 4.53. The minimum Gasteiger partial charge on any atom is -0.261 e. The van der Waals surface area contributed by atoms with Gasteiger partial charge in [0, 0.05) is 11.9 Å². The first-order valence-corrected chi connectivity index (χ1v) is 5.51. The summed E-state index contributed by atoms with van der Waals surface area (Å²) in [5, 5.41) is 0. The van der Waals surface area contributed by atoms with Gasteiger partial charge in [-0.05, 0) is 42.2 Å².